The number of nitrogens with zero attached hydrogens (tertiary/aromatic N) is 8. The van der Waals surface area contributed by atoms with Gasteiger partial charge in [0.15, 0.2) is 11.6 Å². The predicted molar refractivity (Wildman–Crippen MR) is 326 cm³/mol. The lowest BCUT2D eigenvalue weighted by molar-refractivity contribution is -0.117. The number of fused-ring (bicyclic) bond motifs is 3. The van der Waals surface area contributed by atoms with Crippen molar-refractivity contribution in [3.8, 4) is 11.4 Å². The van der Waals surface area contributed by atoms with E-state index < -0.39 is 0 Å². The summed E-state index contributed by atoms with van der Waals surface area (Å²) >= 11 is 17.8. The third kappa shape index (κ3) is 13.0. The van der Waals surface area contributed by atoms with Crippen LogP contribution in [0.4, 0.5) is 17.1 Å². The van der Waals surface area contributed by atoms with E-state index in [1.54, 1.807) is 42.5 Å². The number of allylic oxidation sites excluding steroid dienone is 2. The number of rotatable bonds is 13. The van der Waals surface area contributed by atoms with Gasteiger partial charge in [0.05, 0.1) is 43.1 Å². The highest BCUT2D eigenvalue weighted by molar-refractivity contribution is 6.42. The van der Waals surface area contributed by atoms with Crippen LogP contribution in [0.3, 0.4) is 0 Å². The number of hydrogen-bond acceptors (Lipinski definition) is 8. The van der Waals surface area contributed by atoms with Gasteiger partial charge in [-0.05, 0) is 122 Å². The Balaban J connectivity index is 0.000000135. The molecule has 0 saturated carbocycles. The molecule has 3 amide bonds. The maximum absolute atomic E-state index is 12.7. The normalized spacial score (nSPS) is 12.5. The number of benzene rings is 7. The van der Waals surface area contributed by atoms with Crippen LogP contribution in [0.25, 0.3) is 55.9 Å². The summed E-state index contributed by atoms with van der Waals surface area (Å²) in [6, 6.07) is 51.6. The molecule has 400 valence electrons. The van der Waals surface area contributed by atoms with E-state index in [-0.39, 0.29) is 37.4 Å². The lowest BCUT2D eigenvalue weighted by atomic mass is 10.0. The van der Waals surface area contributed by atoms with Crippen LogP contribution in [0, 0.1) is 6.92 Å². The van der Waals surface area contributed by atoms with Gasteiger partial charge in [0.25, 0.3) is 0 Å². The first-order valence-corrected chi connectivity index (χ1v) is 27.1. The maximum atomic E-state index is 12.7. The molecule has 2 aliphatic rings. The molecule has 5 heterocycles. The number of carbonyl (C=O) groups excluding carboxylic acids is 3. The van der Waals surface area contributed by atoms with Gasteiger partial charge in [0, 0.05) is 52.9 Å². The van der Waals surface area contributed by atoms with Crippen LogP contribution in [0.1, 0.15) is 55.4 Å². The maximum Gasteiger partial charge on any atom is 0.244 e. The Kier molecular flexibility index (Phi) is 16.9. The van der Waals surface area contributed by atoms with Gasteiger partial charge < -0.3 is 29.7 Å². The molecule has 0 fully saturated rings. The summed E-state index contributed by atoms with van der Waals surface area (Å²) in [6.07, 6.45) is 9.28. The zero-order chi connectivity index (χ0) is 55.7. The smallest absolute Gasteiger partial charge is 0.244 e. The van der Waals surface area contributed by atoms with E-state index in [4.69, 9.17) is 39.8 Å². The molecule has 80 heavy (non-hydrogen) atoms. The van der Waals surface area contributed by atoms with E-state index >= 15 is 0 Å². The summed E-state index contributed by atoms with van der Waals surface area (Å²) in [4.78, 5) is 60.8. The van der Waals surface area contributed by atoms with Crippen LogP contribution in [-0.2, 0) is 34.0 Å². The van der Waals surface area contributed by atoms with Gasteiger partial charge in [-0.2, -0.15) is 0 Å². The fourth-order valence-electron chi connectivity index (χ4n) is 9.15. The first-order valence-electron chi connectivity index (χ1n) is 25.9. The number of aromatic nitrogens is 6. The molecule has 7 aromatic carbocycles. The number of anilines is 3. The average Bonchev–Trinajstić information content (AvgIpc) is 4.54. The Morgan fingerprint density at radius 3 is 1.34 bits per heavy atom. The molecule has 14 nitrogen and oxygen atoms in total. The minimum Gasteiger partial charge on any atom is -0.325 e. The van der Waals surface area contributed by atoms with E-state index in [1.165, 1.54) is 11.1 Å². The van der Waals surface area contributed by atoms with Crippen LogP contribution in [-0.4, -0.2) is 58.8 Å². The van der Waals surface area contributed by atoms with Crippen LogP contribution >= 0.6 is 34.8 Å². The first-order chi connectivity index (χ1) is 38.8. The monoisotopic (exact) mass is 1120 g/mol. The average molecular weight is 1120 g/mol. The molecule has 0 unspecified atom stereocenters. The van der Waals surface area contributed by atoms with Crippen molar-refractivity contribution < 1.29 is 14.4 Å². The highest BCUT2D eigenvalue weighted by atomic mass is 35.5. The molecule has 3 aromatic heterocycles. The third-order valence-corrected chi connectivity index (χ3v) is 14.1. The summed E-state index contributed by atoms with van der Waals surface area (Å²) in [5, 5.41) is 10.2. The predicted octanol–water partition coefficient (Wildman–Crippen LogP) is 14.7. The minimum atomic E-state index is -0.185. The summed E-state index contributed by atoms with van der Waals surface area (Å²) in [5.41, 5.74) is 12.4. The minimum absolute atomic E-state index is 0.0840. The number of aryl methyl sites for hydroxylation is 1. The zero-order valence-electron chi connectivity index (χ0n) is 43.9. The van der Waals surface area contributed by atoms with Crippen molar-refractivity contribution in [2.75, 3.05) is 16.0 Å². The largest absolute Gasteiger partial charge is 0.325 e. The van der Waals surface area contributed by atoms with Crippen molar-refractivity contribution in [1.29, 1.82) is 0 Å². The molecule has 0 bridgehead atoms. The second kappa shape index (κ2) is 24.8. The van der Waals surface area contributed by atoms with Crippen LogP contribution < -0.4 is 16.0 Å². The Morgan fingerprint density at radius 1 is 0.487 bits per heavy atom. The van der Waals surface area contributed by atoms with E-state index in [0.29, 0.717) is 38.2 Å². The number of halogens is 3. The van der Waals surface area contributed by atoms with Gasteiger partial charge in [0.1, 0.15) is 36.9 Å². The van der Waals surface area contributed by atoms with Crippen molar-refractivity contribution in [2.45, 2.75) is 59.2 Å². The Bertz CT molecular complexity index is 4040. The number of hydrogen-bond donors (Lipinski definition) is 3. The number of imidazole rings is 3. The zero-order valence-corrected chi connectivity index (χ0v) is 46.2. The number of aliphatic imine (C=N–C) groups is 2. The Hall–Kier alpha value is -8.95. The molecule has 17 heteroatoms. The molecule has 0 spiro atoms. The van der Waals surface area contributed by atoms with Crippen LogP contribution in [0.2, 0.25) is 15.1 Å². The molecule has 0 atom stereocenters. The van der Waals surface area contributed by atoms with Crippen LogP contribution in [0.5, 0.6) is 0 Å². The molecule has 10 aromatic rings. The molecule has 0 aliphatic carbocycles. The quantitative estimate of drug-likeness (QED) is 0.104. The number of amides is 3. The molecule has 12 rings (SSSR count). The Labute approximate surface area is 477 Å². The lowest BCUT2D eigenvalue weighted by Gasteiger charge is -2.11. The Morgan fingerprint density at radius 2 is 0.900 bits per heavy atom. The molecule has 0 saturated heterocycles. The van der Waals surface area contributed by atoms with Gasteiger partial charge in [-0.25, -0.2) is 15.0 Å². The van der Waals surface area contributed by atoms with Gasteiger partial charge in [0.2, 0.25) is 17.7 Å². The summed E-state index contributed by atoms with van der Waals surface area (Å²) in [5.74, 6) is 2.28. The van der Waals surface area contributed by atoms with Crippen LogP contribution in [0.15, 0.2) is 186 Å². The molecule has 3 N–H and O–H groups in total. The lowest BCUT2D eigenvalue weighted by Crippen LogP contribution is -2.20. The number of nitrogens with one attached hydrogen (secondary N) is 3. The topological polar surface area (TPSA) is 165 Å². The highest BCUT2D eigenvalue weighted by Crippen LogP contribution is 2.30. The van der Waals surface area contributed by atoms with Gasteiger partial charge in [-0.15, -0.1) is 0 Å². The van der Waals surface area contributed by atoms with Crippen molar-refractivity contribution in [1.82, 2.24) is 28.7 Å². The molecular weight excluding hydrogens is 1070 g/mol. The second-order valence-corrected chi connectivity index (χ2v) is 20.5. The summed E-state index contributed by atoms with van der Waals surface area (Å²) in [7, 11) is 0. The first kappa shape index (κ1) is 54.4. The molecular formula is C63H54Cl3N11O3. The fourth-order valence-corrected chi connectivity index (χ4v) is 9.57. The third-order valence-electron chi connectivity index (χ3n) is 13.1. The number of para-hydroxylation sites is 6. The van der Waals surface area contributed by atoms with Crippen molar-refractivity contribution in [2.24, 2.45) is 9.98 Å². The van der Waals surface area contributed by atoms with E-state index in [0.717, 1.165) is 80.2 Å². The standard InChI is InChI=1S/C22H18ClN3O.C22H22N4O.C19H14Cl2N4O/c1-15-6-8-16(9-7-15)22-25-19-4-2-3-5-20(19)26(22)14-21(27)24-18-12-10-17(23)11-13-18;1-15(2)16-9-11-17(12-10-16)24-21(27)14-26-20-8-4-3-6-18(20)25-22(26)19-7-5-13-23-19;20-13-8-7-12(10-14(13)21)23-18(26)11-25-17-6-2-1-4-15(17)24-19(25)16-5-3-9-22-16/h2-13H,14H2,1H3,(H,24,27);3-4,6-13,15H,5,14H2,1-2H3,(H,24,27);1-2,4-10H,3,11H2,(H,23,26). The summed E-state index contributed by atoms with van der Waals surface area (Å²) in [6.45, 7) is 6.83. The van der Waals surface area contributed by atoms with Crippen molar-refractivity contribution in [3.05, 3.63) is 214 Å². The van der Waals surface area contributed by atoms with Gasteiger partial charge in [-0.1, -0.05) is 127 Å². The SMILES string of the molecule is CC(C)c1ccc(NC(=O)Cn2c(C3=CCC=N3)nc3ccccc32)cc1.Cc1ccc(-c2nc3ccccc3n2CC(=O)Nc2ccc(Cl)cc2)cc1.O=C(Cn1c(C2=CCC=N2)nc2ccccc21)Nc1ccc(Cl)c(Cl)c1. The highest BCUT2D eigenvalue weighted by Gasteiger charge is 2.21. The molecule has 2 aliphatic heterocycles. The summed E-state index contributed by atoms with van der Waals surface area (Å²) < 4.78 is 5.75. The second-order valence-electron chi connectivity index (χ2n) is 19.2. The molecule has 0 radical (unpaired) electrons. The van der Waals surface area contributed by atoms with E-state index in [9.17, 15) is 14.4 Å². The van der Waals surface area contributed by atoms with E-state index in [2.05, 4.69) is 61.9 Å². The van der Waals surface area contributed by atoms with Gasteiger partial charge >= 0.3 is 0 Å². The van der Waals surface area contributed by atoms with Crippen molar-refractivity contribution in [3.63, 3.8) is 0 Å². The van der Waals surface area contributed by atoms with Gasteiger partial charge in [-0.3, -0.25) is 24.4 Å². The van der Waals surface area contributed by atoms with E-state index in [1.807, 2.05) is 154 Å². The van der Waals surface area contributed by atoms with Crippen molar-refractivity contribution >= 4 is 127 Å². The number of carbonyl (C=O) groups is 3. The fraction of sp³-hybridized carbons (Fsp3) is 0.143.